The van der Waals surface area contributed by atoms with Crippen LogP contribution in [0.1, 0.15) is 11.3 Å². The molecule has 0 atom stereocenters. The number of fused-ring (bicyclic) bond motifs is 1. The number of rotatable bonds is 3. The molecule has 3 rings (SSSR count). The summed E-state index contributed by atoms with van der Waals surface area (Å²) >= 11 is 0. The Morgan fingerprint density at radius 2 is 2.16 bits per heavy atom. The van der Waals surface area contributed by atoms with Crippen molar-refractivity contribution in [3.05, 3.63) is 54.1 Å². The molecule has 2 heterocycles. The molecule has 4 nitrogen and oxygen atoms in total. The van der Waals surface area contributed by atoms with Crippen molar-refractivity contribution >= 4 is 5.65 Å². The van der Waals surface area contributed by atoms with Crippen molar-refractivity contribution in [1.29, 1.82) is 0 Å². The maximum atomic E-state index is 5.56. The maximum absolute atomic E-state index is 5.56. The highest BCUT2D eigenvalue weighted by Gasteiger charge is 2.05. The van der Waals surface area contributed by atoms with Gasteiger partial charge in [0.05, 0.1) is 11.4 Å². The first-order valence-corrected chi connectivity index (χ1v) is 6.37. The van der Waals surface area contributed by atoms with Gasteiger partial charge in [-0.25, -0.2) is 9.97 Å². The fourth-order valence-electron chi connectivity index (χ4n) is 2.17. The van der Waals surface area contributed by atoms with Gasteiger partial charge in [-0.3, -0.25) is 4.40 Å². The average molecular weight is 252 g/mol. The summed E-state index contributed by atoms with van der Waals surface area (Å²) in [6.45, 7) is 2.69. The van der Waals surface area contributed by atoms with Gasteiger partial charge in [-0.05, 0) is 19.5 Å². The van der Waals surface area contributed by atoms with E-state index >= 15 is 0 Å². The SMILES string of the molecule is Cc1cccc(-c2cc3nc(CCN)cn3cn2)c1. The van der Waals surface area contributed by atoms with E-state index in [4.69, 9.17) is 5.73 Å². The molecule has 0 aliphatic rings. The van der Waals surface area contributed by atoms with Gasteiger partial charge in [-0.2, -0.15) is 0 Å². The zero-order valence-corrected chi connectivity index (χ0v) is 10.9. The summed E-state index contributed by atoms with van der Waals surface area (Å²) in [5.41, 5.74) is 10.8. The lowest BCUT2D eigenvalue weighted by molar-refractivity contribution is 0.936. The lowest BCUT2D eigenvalue weighted by Gasteiger charge is -2.02. The Hall–Kier alpha value is -2.20. The quantitative estimate of drug-likeness (QED) is 0.777. The van der Waals surface area contributed by atoms with E-state index in [9.17, 15) is 0 Å². The Kier molecular flexibility index (Phi) is 3.01. The van der Waals surface area contributed by atoms with Crippen molar-refractivity contribution in [2.24, 2.45) is 5.73 Å². The monoisotopic (exact) mass is 252 g/mol. The molecular formula is C15H16N4. The van der Waals surface area contributed by atoms with Gasteiger partial charge in [0, 0.05) is 24.2 Å². The van der Waals surface area contributed by atoms with Crippen molar-refractivity contribution in [2.45, 2.75) is 13.3 Å². The number of nitrogens with two attached hydrogens (primary N) is 1. The van der Waals surface area contributed by atoms with E-state index in [0.717, 1.165) is 29.0 Å². The van der Waals surface area contributed by atoms with E-state index in [1.54, 1.807) is 6.33 Å². The second-order valence-corrected chi connectivity index (χ2v) is 4.68. The Labute approximate surface area is 111 Å². The van der Waals surface area contributed by atoms with Gasteiger partial charge in [-0.1, -0.05) is 23.8 Å². The Morgan fingerprint density at radius 1 is 1.26 bits per heavy atom. The van der Waals surface area contributed by atoms with Gasteiger partial charge < -0.3 is 5.73 Å². The Bertz CT molecular complexity index is 715. The first-order valence-electron chi connectivity index (χ1n) is 6.37. The van der Waals surface area contributed by atoms with E-state index in [2.05, 4.69) is 35.1 Å². The van der Waals surface area contributed by atoms with Gasteiger partial charge in [0.1, 0.15) is 12.0 Å². The molecule has 0 aliphatic carbocycles. The molecule has 0 spiro atoms. The first-order chi connectivity index (χ1) is 9.26. The molecule has 1 aromatic carbocycles. The Balaban J connectivity index is 2.05. The third-order valence-corrected chi connectivity index (χ3v) is 3.11. The van der Waals surface area contributed by atoms with Crippen molar-refractivity contribution in [3.63, 3.8) is 0 Å². The molecule has 0 radical (unpaired) electrons. The molecule has 0 saturated heterocycles. The van der Waals surface area contributed by atoms with Crippen LogP contribution < -0.4 is 5.73 Å². The summed E-state index contributed by atoms with van der Waals surface area (Å²) in [5.74, 6) is 0. The van der Waals surface area contributed by atoms with Crippen LogP contribution in [0, 0.1) is 6.92 Å². The number of benzene rings is 1. The van der Waals surface area contributed by atoms with Gasteiger partial charge >= 0.3 is 0 Å². The van der Waals surface area contributed by atoms with E-state index in [1.807, 2.05) is 22.7 Å². The lowest BCUT2D eigenvalue weighted by atomic mass is 10.1. The normalized spacial score (nSPS) is 11.1. The van der Waals surface area contributed by atoms with Crippen LogP contribution in [0.15, 0.2) is 42.9 Å². The number of aryl methyl sites for hydroxylation is 1. The zero-order chi connectivity index (χ0) is 13.2. The fourth-order valence-corrected chi connectivity index (χ4v) is 2.17. The van der Waals surface area contributed by atoms with Crippen LogP contribution >= 0.6 is 0 Å². The minimum atomic E-state index is 0.613. The summed E-state index contributed by atoms with van der Waals surface area (Å²) in [6, 6.07) is 10.3. The highest BCUT2D eigenvalue weighted by atomic mass is 15.0. The molecule has 2 N–H and O–H groups in total. The van der Waals surface area contributed by atoms with E-state index < -0.39 is 0 Å². The van der Waals surface area contributed by atoms with Gasteiger partial charge in [0.25, 0.3) is 0 Å². The molecule has 2 aromatic heterocycles. The minimum absolute atomic E-state index is 0.613. The number of hydrogen-bond donors (Lipinski definition) is 1. The minimum Gasteiger partial charge on any atom is -0.330 e. The zero-order valence-electron chi connectivity index (χ0n) is 10.9. The van der Waals surface area contributed by atoms with Gasteiger partial charge in [0.2, 0.25) is 0 Å². The van der Waals surface area contributed by atoms with Crippen molar-refractivity contribution in [3.8, 4) is 11.3 Å². The van der Waals surface area contributed by atoms with Crippen LogP contribution in [0.25, 0.3) is 16.9 Å². The highest BCUT2D eigenvalue weighted by molar-refractivity contribution is 5.64. The predicted molar refractivity (Wildman–Crippen MR) is 75.9 cm³/mol. The van der Waals surface area contributed by atoms with E-state index in [1.165, 1.54) is 5.56 Å². The number of hydrogen-bond acceptors (Lipinski definition) is 3. The lowest BCUT2D eigenvalue weighted by Crippen LogP contribution is -2.02. The van der Waals surface area contributed by atoms with Crippen LogP contribution in [-0.4, -0.2) is 20.9 Å². The molecule has 0 fully saturated rings. The maximum Gasteiger partial charge on any atom is 0.140 e. The van der Waals surface area contributed by atoms with Crippen molar-refractivity contribution < 1.29 is 0 Å². The largest absolute Gasteiger partial charge is 0.330 e. The van der Waals surface area contributed by atoms with E-state index in [0.29, 0.717) is 6.54 Å². The third kappa shape index (κ3) is 2.35. The van der Waals surface area contributed by atoms with Gasteiger partial charge in [0.15, 0.2) is 0 Å². The molecule has 96 valence electrons. The van der Waals surface area contributed by atoms with Crippen molar-refractivity contribution in [2.75, 3.05) is 6.54 Å². The Morgan fingerprint density at radius 3 is 2.95 bits per heavy atom. The van der Waals surface area contributed by atoms with E-state index in [-0.39, 0.29) is 0 Å². The molecule has 0 amide bonds. The summed E-state index contributed by atoms with van der Waals surface area (Å²) < 4.78 is 1.93. The highest BCUT2D eigenvalue weighted by Crippen LogP contribution is 2.19. The molecular weight excluding hydrogens is 236 g/mol. The van der Waals surface area contributed by atoms with Crippen molar-refractivity contribution in [1.82, 2.24) is 14.4 Å². The molecule has 0 aliphatic heterocycles. The third-order valence-electron chi connectivity index (χ3n) is 3.11. The second kappa shape index (κ2) is 4.82. The molecule has 0 bridgehead atoms. The second-order valence-electron chi connectivity index (χ2n) is 4.68. The molecule has 0 unspecified atom stereocenters. The van der Waals surface area contributed by atoms with Crippen LogP contribution in [0.4, 0.5) is 0 Å². The van der Waals surface area contributed by atoms with Crippen LogP contribution in [0.5, 0.6) is 0 Å². The molecule has 3 aromatic rings. The van der Waals surface area contributed by atoms with Crippen LogP contribution in [0.3, 0.4) is 0 Å². The van der Waals surface area contributed by atoms with Crippen LogP contribution in [-0.2, 0) is 6.42 Å². The summed E-state index contributed by atoms with van der Waals surface area (Å²) in [4.78, 5) is 9.04. The average Bonchev–Trinajstić information content (AvgIpc) is 2.80. The first kappa shape index (κ1) is 11.9. The number of imidazole rings is 1. The smallest absolute Gasteiger partial charge is 0.140 e. The molecule has 4 heteroatoms. The predicted octanol–water partition coefficient (Wildman–Crippen LogP) is 2.21. The van der Waals surface area contributed by atoms with Gasteiger partial charge in [-0.15, -0.1) is 0 Å². The summed E-state index contributed by atoms with van der Waals surface area (Å²) in [6.07, 6.45) is 4.58. The molecule has 0 saturated carbocycles. The number of aromatic nitrogens is 3. The molecule has 19 heavy (non-hydrogen) atoms. The van der Waals surface area contributed by atoms with Crippen LogP contribution in [0.2, 0.25) is 0 Å². The summed E-state index contributed by atoms with van der Waals surface area (Å²) in [7, 11) is 0. The summed E-state index contributed by atoms with van der Waals surface area (Å²) in [5, 5.41) is 0. The fraction of sp³-hybridized carbons (Fsp3) is 0.200. The topological polar surface area (TPSA) is 56.2 Å². The standard InChI is InChI=1S/C15H16N4/c1-11-3-2-4-12(7-11)14-8-15-18-13(5-6-16)9-19(15)10-17-14/h2-4,7-10H,5-6,16H2,1H3. The number of nitrogens with zero attached hydrogens (tertiary/aromatic N) is 3.